The third-order valence-corrected chi connectivity index (χ3v) is 2.65. The van der Waals surface area contributed by atoms with E-state index in [1.807, 2.05) is 32.3 Å². The minimum atomic E-state index is -0.156. The van der Waals surface area contributed by atoms with Crippen LogP contribution in [0.25, 0.3) is 0 Å². The lowest BCUT2D eigenvalue weighted by Gasteiger charge is -2.38. The molecule has 0 aliphatic heterocycles. The second-order valence-electron chi connectivity index (χ2n) is 3.53. The van der Waals surface area contributed by atoms with Crippen molar-refractivity contribution in [3.63, 3.8) is 0 Å². The summed E-state index contributed by atoms with van der Waals surface area (Å²) in [5.74, 6) is -0.0301. The van der Waals surface area contributed by atoms with Crippen molar-refractivity contribution in [3.8, 4) is 0 Å². The van der Waals surface area contributed by atoms with Gasteiger partial charge in [-0.2, -0.15) is 0 Å². The Hall–Kier alpha value is -0.890. The highest BCUT2D eigenvalue weighted by Crippen LogP contribution is 2.26. The third-order valence-electron chi connectivity index (χ3n) is 2.65. The van der Waals surface area contributed by atoms with Gasteiger partial charge in [-0.05, 0) is 21.0 Å². The number of carbonyl (C=O) groups excluding carboxylic acids is 1. The molecule has 0 fully saturated rings. The molecule has 1 aliphatic carbocycles. The number of hydrogen-bond acceptors (Lipinski definition) is 2. The molecule has 0 spiro atoms. The van der Waals surface area contributed by atoms with E-state index in [4.69, 9.17) is 0 Å². The summed E-state index contributed by atoms with van der Waals surface area (Å²) in [5.41, 5.74) is -0.156. The highest BCUT2D eigenvalue weighted by atomic mass is 16.1. The van der Waals surface area contributed by atoms with Gasteiger partial charge >= 0.3 is 0 Å². The van der Waals surface area contributed by atoms with E-state index in [-0.39, 0.29) is 11.5 Å². The van der Waals surface area contributed by atoms with Gasteiger partial charge in [0, 0.05) is 5.54 Å². The molecule has 2 unspecified atom stereocenters. The van der Waals surface area contributed by atoms with E-state index < -0.39 is 0 Å². The molecule has 0 aromatic carbocycles. The van der Waals surface area contributed by atoms with Crippen LogP contribution in [0.4, 0.5) is 0 Å². The third kappa shape index (κ3) is 1.34. The van der Waals surface area contributed by atoms with Crippen LogP contribution in [0.15, 0.2) is 24.3 Å². The number of allylic oxidation sites excluding steroid dienone is 2. The zero-order valence-electron chi connectivity index (χ0n) is 7.82. The van der Waals surface area contributed by atoms with Gasteiger partial charge in [-0.25, -0.2) is 0 Å². The van der Waals surface area contributed by atoms with E-state index in [2.05, 4.69) is 17.9 Å². The van der Waals surface area contributed by atoms with Gasteiger partial charge in [-0.3, -0.25) is 4.90 Å². The van der Waals surface area contributed by atoms with Crippen LogP contribution in [-0.4, -0.2) is 30.8 Å². The topological polar surface area (TPSA) is 20.3 Å². The normalized spacial score (nSPS) is 34.2. The number of rotatable bonds is 2. The second kappa shape index (κ2) is 3.23. The molecular weight excluding hydrogens is 150 g/mol. The number of nitrogens with zero attached hydrogens (tertiary/aromatic N) is 1. The van der Waals surface area contributed by atoms with Crippen LogP contribution in [0.3, 0.4) is 0 Å². The van der Waals surface area contributed by atoms with Crippen molar-refractivity contribution in [2.75, 3.05) is 14.1 Å². The summed E-state index contributed by atoms with van der Waals surface area (Å²) in [5, 5.41) is 0. The smallest absolute Gasteiger partial charge is 0.129 e. The lowest BCUT2D eigenvalue weighted by molar-refractivity contribution is -0.112. The summed E-state index contributed by atoms with van der Waals surface area (Å²) in [6.07, 6.45) is 8.91. The number of carbonyl (C=O) groups is 1. The molecule has 0 N–H and O–H groups in total. The molecule has 0 radical (unpaired) electrons. The summed E-state index contributed by atoms with van der Waals surface area (Å²) in [6, 6.07) is 0. The highest BCUT2D eigenvalue weighted by Gasteiger charge is 2.33. The van der Waals surface area contributed by atoms with Crippen LogP contribution in [0, 0.1) is 5.92 Å². The maximum Gasteiger partial charge on any atom is 0.129 e. The van der Waals surface area contributed by atoms with Crippen LogP contribution in [0.2, 0.25) is 0 Å². The molecule has 1 rings (SSSR count). The maximum absolute atomic E-state index is 10.8. The van der Waals surface area contributed by atoms with Crippen LogP contribution in [-0.2, 0) is 4.79 Å². The van der Waals surface area contributed by atoms with Crippen LogP contribution < -0.4 is 0 Å². The number of hydrogen-bond donors (Lipinski definition) is 0. The van der Waals surface area contributed by atoms with Crippen LogP contribution >= 0.6 is 0 Å². The van der Waals surface area contributed by atoms with Gasteiger partial charge in [-0.15, -0.1) is 0 Å². The monoisotopic (exact) mass is 165 g/mol. The molecule has 2 heteroatoms. The molecule has 0 saturated heterocycles. The molecule has 1 aliphatic rings. The molecule has 12 heavy (non-hydrogen) atoms. The van der Waals surface area contributed by atoms with Crippen LogP contribution in [0.1, 0.15) is 6.92 Å². The molecular formula is C10H15NO. The van der Waals surface area contributed by atoms with E-state index in [9.17, 15) is 4.79 Å². The highest BCUT2D eigenvalue weighted by molar-refractivity contribution is 5.61. The lowest BCUT2D eigenvalue weighted by Crippen LogP contribution is -2.46. The summed E-state index contributed by atoms with van der Waals surface area (Å²) in [7, 11) is 3.97. The Morgan fingerprint density at radius 1 is 1.42 bits per heavy atom. The molecule has 66 valence electrons. The molecule has 2 nitrogen and oxygen atoms in total. The minimum Gasteiger partial charge on any atom is -0.303 e. The summed E-state index contributed by atoms with van der Waals surface area (Å²) < 4.78 is 0. The largest absolute Gasteiger partial charge is 0.303 e. The first kappa shape index (κ1) is 9.20. The van der Waals surface area contributed by atoms with Gasteiger partial charge in [0.25, 0.3) is 0 Å². The van der Waals surface area contributed by atoms with Gasteiger partial charge in [-0.1, -0.05) is 24.3 Å². The van der Waals surface area contributed by atoms with E-state index >= 15 is 0 Å². The van der Waals surface area contributed by atoms with Gasteiger partial charge in [0.1, 0.15) is 6.29 Å². The SMILES string of the molecule is CN(C)C1(C)C=CC=CC1C=O. The van der Waals surface area contributed by atoms with Crippen molar-refractivity contribution in [1.29, 1.82) is 0 Å². The maximum atomic E-state index is 10.8. The fraction of sp³-hybridized carbons (Fsp3) is 0.500. The van der Waals surface area contributed by atoms with Gasteiger partial charge in [0.2, 0.25) is 0 Å². The van der Waals surface area contributed by atoms with E-state index in [0.717, 1.165) is 6.29 Å². The van der Waals surface area contributed by atoms with Crippen LogP contribution in [0.5, 0.6) is 0 Å². The Morgan fingerprint density at radius 2 is 2.08 bits per heavy atom. The van der Waals surface area contributed by atoms with Crippen molar-refractivity contribution >= 4 is 6.29 Å². The predicted molar refractivity (Wildman–Crippen MR) is 49.9 cm³/mol. The first-order chi connectivity index (χ1) is 5.61. The fourth-order valence-corrected chi connectivity index (χ4v) is 1.37. The first-order valence-electron chi connectivity index (χ1n) is 4.10. The number of likely N-dealkylation sites (N-methyl/N-ethyl adjacent to an activating group) is 1. The summed E-state index contributed by atoms with van der Waals surface area (Å²) in [6.45, 7) is 2.06. The van der Waals surface area contributed by atoms with Gasteiger partial charge in [0.05, 0.1) is 5.92 Å². The summed E-state index contributed by atoms with van der Waals surface area (Å²) >= 11 is 0. The van der Waals surface area contributed by atoms with Crippen molar-refractivity contribution in [2.24, 2.45) is 5.92 Å². The van der Waals surface area contributed by atoms with Crippen molar-refractivity contribution in [1.82, 2.24) is 4.90 Å². The molecule has 0 aromatic heterocycles. The Balaban J connectivity index is 2.94. The van der Waals surface area contributed by atoms with Gasteiger partial charge in [0.15, 0.2) is 0 Å². The lowest BCUT2D eigenvalue weighted by atomic mass is 9.82. The molecule has 0 heterocycles. The van der Waals surface area contributed by atoms with Crippen molar-refractivity contribution < 1.29 is 4.79 Å². The van der Waals surface area contributed by atoms with E-state index in [0.29, 0.717) is 0 Å². The average molecular weight is 165 g/mol. The quantitative estimate of drug-likeness (QED) is 0.574. The molecule has 0 aromatic rings. The van der Waals surface area contributed by atoms with Crippen molar-refractivity contribution in [3.05, 3.63) is 24.3 Å². The zero-order chi connectivity index (χ0) is 9.19. The second-order valence-corrected chi connectivity index (χ2v) is 3.53. The average Bonchev–Trinajstić information content (AvgIpc) is 2.05. The first-order valence-corrected chi connectivity index (χ1v) is 4.10. The molecule has 0 amide bonds. The fourth-order valence-electron chi connectivity index (χ4n) is 1.37. The van der Waals surface area contributed by atoms with Crippen molar-refractivity contribution in [2.45, 2.75) is 12.5 Å². The number of aldehydes is 1. The van der Waals surface area contributed by atoms with E-state index in [1.54, 1.807) is 0 Å². The van der Waals surface area contributed by atoms with E-state index in [1.165, 1.54) is 0 Å². The summed E-state index contributed by atoms with van der Waals surface area (Å²) in [4.78, 5) is 12.8. The Labute approximate surface area is 73.6 Å². The Morgan fingerprint density at radius 3 is 2.50 bits per heavy atom. The molecule has 2 atom stereocenters. The Kier molecular flexibility index (Phi) is 2.48. The Bertz CT molecular complexity index is 230. The molecule has 0 bridgehead atoms. The molecule has 0 saturated carbocycles. The zero-order valence-corrected chi connectivity index (χ0v) is 7.82. The standard InChI is InChI=1S/C10H15NO/c1-10(11(2)3)7-5-4-6-9(10)8-12/h4-9H,1-3H3. The predicted octanol–water partition coefficient (Wildman–Crippen LogP) is 1.25. The van der Waals surface area contributed by atoms with Gasteiger partial charge < -0.3 is 4.79 Å². The minimum absolute atomic E-state index is 0.0301.